The minimum Gasteiger partial charge on any atom is -0.446 e. The first kappa shape index (κ1) is 17.2. The molecule has 0 radical (unpaired) electrons. The molecule has 0 N–H and O–H groups in total. The molecule has 0 saturated heterocycles. The van der Waals surface area contributed by atoms with Gasteiger partial charge in [-0.05, 0) is 12.1 Å². The van der Waals surface area contributed by atoms with Crippen molar-refractivity contribution < 1.29 is 14.5 Å². The van der Waals surface area contributed by atoms with Crippen molar-refractivity contribution in [1.29, 1.82) is 0 Å². The number of nitro benzene ring substituents is 1. The summed E-state index contributed by atoms with van der Waals surface area (Å²) in [5.41, 5.74) is 0.733. The normalized spacial score (nSPS) is 16.4. The summed E-state index contributed by atoms with van der Waals surface area (Å²) in [6.45, 7) is 1.33. The number of halogens is 2. The van der Waals surface area contributed by atoms with E-state index in [1.807, 2.05) is 0 Å². The zero-order valence-corrected chi connectivity index (χ0v) is 14.4. The Morgan fingerprint density at radius 3 is 2.68 bits per heavy atom. The number of nitrogens with zero attached hydrogens (tertiary/aromatic N) is 3. The van der Waals surface area contributed by atoms with Gasteiger partial charge in [-0.3, -0.25) is 14.9 Å². The highest BCUT2D eigenvalue weighted by Gasteiger charge is 2.35. The van der Waals surface area contributed by atoms with Crippen LogP contribution in [0.5, 0.6) is 0 Å². The van der Waals surface area contributed by atoms with Crippen LogP contribution in [0.2, 0.25) is 10.0 Å². The number of carbonyl (C=O) groups excluding carboxylic acids is 1. The lowest BCUT2D eigenvalue weighted by molar-refractivity contribution is -0.384. The van der Waals surface area contributed by atoms with Crippen LogP contribution in [0.25, 0.3) is 0 Å². The van der Waals surface area contributed by atoms with E-state index in [-0.39, 0.29) is 22.5 Å². The average Bonchev–Trinajstić information content (AvgIpc) is 3.03. The summed E-state index contributed by atoms with van der Waals surface area (Å²) < 4.78 is 5.77. The number of non-ortho nitro benzene ring substituents is 1. The molecule has 1 atom stereocenters. The zero-order chi connectivity index (χ0) is 18.1. The van der Waals surface area contributed by atoms with Gasteiger partial charge >= 0.3 is 0 Å². The molecule has 1 aliphatic heterocycles. The van der Waals surface area contributed by atoms with Crippen LogP contribution in [0.1, 0.15) is 24.3 Å². The van der Waals surface area contributed by atoms with Crippen LogP contribution in [0, 0.1) is 10.1 Å². The van der Waals surface area contributed by atoms with Gasteiger partial charge in [0.25, 0.3) is 5.69 Å². The fraction of sp³-hybridized carbons (Fsp3) is 0.125. The van der Waals surface area contributed by atoms with Gasteiger partial charge in [0, 0.05) is 30.2 Å². The smallest absolute Gasteiger partial charge is 0.270 e. The number of nitro groups is 1. The fourth-order valence-corrected chi connectivity index (χ4v) is 2.75. The van der Waals surface area contributed by atoms with Gasteiger partial charge in [0.2, 0.25) is 18.0 Å². The van der Waals surface area contributed by atoms with Gasteiger partial charge in [-0.1, -0.05) is 41.4 Å². The van der Waals surface area contributed by atoms with E-state index in [1.54, 1.807) is 24.3 Å². The first-order valence-electron chi connectivity index (χ1n) is 7.12. The summed E-state index contributed by atoms with van der Waals surface area (Å²) in [7, 11) is 0. The predicted octanol–water partition coefficient (Wildman–Crippen LogP) is 4.14. The Balaban J connectivity index is 2.00. The molecule has 1 aliphatic rings. The quantitative estimate of drug-likeness (QED) is 0.592. The molecule has 0 aliphatic carbocycles. The standard InChI is InChI=1S/C16H11Cl2N3O4/c1-9(22)20-16(12-6-3-7-13(17)14(12)18)25-15(19-20)10-4-2-5-11(8-10)21(23)24/h2-8,16H,1H3/t16-/m1/s1. The van der Waals surface area contributed by atoms with Crippen molar-refractivity contribution in [2.75, 3.05) is 0 Å². The van der Waals surface area contributed by atoms with Crippen molar-refractivity contribution in [2.45, 2.75) is 13.2 Å². The lowest BCUT2D eigenvalue weighted by Gasteiger charge is -2.20. The summed E-state index contributed by atoms with van der Waals surface area (Å²) in [5.74, 6) is -0.290. The maximum absolute atomic E-state index is 11.9. The molecule has 0 spiro atoms. The van der Waals surface area contributed by atoms with Crippen molar-refractivity contribution in [1.82, 2.24) is 5.01 Å². The first-order chi connectivity index (χ1) is 11.9. The summed E-state index contributed by atoms with van der Waals surface area (Å²) >= 11 is 12.2. The van der Waals surface area contributed by atoms with Crippen molar-refractivity contribution in [3.05, 3.63) is 73.8 Å². The summed E-state index contributed by atoms with van der Waals surface area (Å²) in [5, 5.41) is 16.8. The molecule has 9 heteroatoms. The van der Waals surface area contributed by atoms with Gasteiger partial charge in [-0.15, -0.1) is 5.10 Å². The molecule has 2 aromatic rings. The molecular formula is C16H11Cl2N3O4. The summed E-state index contributed by atoms with van der Waals surface area (Å²) in [6, 6.07) is 10.7. The second-order valence-corrected chi connectivity index (χ2v) is 5.97. The van der Waals surface area contributed by atoms with Gasteiger partial charge in [0.15, 0.2) is 0 Å². The van der Waals surface area contributed by atoms with Crippen LogP contribution in [-0.2, 0) is 9.53 Å². The number of ether oxygens (including phenoxy) is 1. The van der Waals surface area contributed by atoms with E-state index in [9.17, 15) is 14.9 Å². The highest BCUT2D eigenvalue weighted by Crippen LogP contribution is 2.37. The molecule has 7 nitrogen and oxygen atoms in total. The highest BCUT2D eigenvalue weighted by molar-refractivity contribution is 6.42. The van der Waals surface area contributed by atoms with Crippen molar-refractivity contribution in [3.63, 3.8) is 0 Å². The van der Waals surface area contributed by atoms with E-state index < -0.39 is 11.2 Å². The minimum absolute atomic E-state index is 0.0833. The number of hydrogen-bond donors (Lipinski definition) is 0. The van der Waals surface area contributed by atoms with Crippen LogP contribution >= 0.6 is 23.2 Å². The summed E-state index contributed by atoms with van der Waals surface area (Å²) in [4.78, 5) is 22.3. The lowest BCUT2D eigenvalue weighted by Crippen LogP contribution is -2.25. The highest BCUT2D eigenvalue weighted by atomic mass is 35.5. The van der Waals surface area contributed by atoms with Gasteiger partial charge < -0.3 is 4.74 Å². The number of benzene rings is 2. The number of amides is 1. The van der Waals surface area contributed by atoms with Crippen LogP contribution < -0.4 is 0 Å². The van der Waals surface area contributed by atoms with Gasteiger partial charge in [0.1, 0.15) is 0 Å². The van der Waals surface area contributed by atoms with Crippen LogP contribution in [0.15, 0.2) is 47.6 Å². The number of rotatable bonds is 3. The maximum atomic E-state index is 11.9. The maximum Gasteiger partial charge on any atom is 0.270 e. The predicted molar refractivity (Wildman–Crippen MR) is 92.4 cm³/mol. The van der Waals surface area contributed by atoms with Crippen LogP contribution in [-0.4, -0.2) is 21.7 Å². The van der Waals surface area contributed by atoms with Crippen molar-refractivity contribution in [2.24, 2.45) is 5.10 Å². The third-order valence-corrected chi connectivity index (χ3v) is 4.35. The van der Waals surface area contributed by atoms with E-state index in [2.05, 4.69) is 5.10 Å². The second kappa shape index (κ2) is 6.70. The molecule has 0 fully saturated rings. The molecule has 0 saturated carbocycles. The SMILES string of the molecule is CC(=O)N1N=C(c2cccc([N+](=O)[O-])c2)O[C@@H]1c1cccc(Cl)c1Cl. The van der Waals surface area contributed by atoms with E-state index in [0.717, 1.165) is 5.01 Å². The Labute approximate surface area is 152 Å². The van der Waals surface area contributed by atoms with E-state index in [0.29, 0.717) is 16.1 Å². The Morgan fingerprint density at radius 2 is 2.00 bits per heavy atom. The molecule has 0 unspecified atom stereocenters. The van der Waals surface area contributed by atoms with Crippen LogP contribution in [0.3, 0.4) is 0 Å². The molecule has 1 heterocycles. The zero-order valence-electron chi connectivity index (χ0n) is 12.8. The number of carbonyl (C=O) groups is 1. The topological polar surface area (TPSA) is 85.0 Å². The van der Waals surface area contributed by atoms with Gasteiger partial charge in [-0.25, -0.2) is 0 Å². The summed E-state index contributed by atoms with van der Waals surface area (Å²) in [6.07, 6.45) is -0.905. The Bertz CT molecular complexity index is 901. The molecule has 128 valence electrons. The fourth-order valence-electron chi connectivity index (χ4n) is 2.35. The minimum atomic E-state index is -0.905. The molecular weight excluding hydrogens is 369 g/mol. The van der Waals surface area contributed by atoms with Gasteiger partial charge in [0.05, 0.1) is 15.0 Å². The third kappa shape index (κ3) is 3.29. The molecule has 25 heavy (non-hydrogen) atoms. The largest absolute Gasteiger partial charge is 0.446 e. The van der Waals surface area contributed by atoms with Crippen molar-refractivity contribution >= 4 is 40.7 Å². The first-order valence-corrected chi connectivity index (χ1v) is 7.88. The molecule has 0 aromatic heterocycles. The molecule has 3 rings (SSSR count). The Kier molecular flexibility index (Phi) is 4.61. The Morgan fingerprint density at radius 1 is 1.28 bits per heavy atom. The molecule has 0 bridgehead atoms. The monoisotopic (exact) mass is 379 g/mol. The van der Waals surface area contributed by atoms with E-state index in [4.69, 9.17) is 27.9 Å². The van der Waals surface area contributed by atoms with Gasteiger partial charge in [-0.2, -0.15) is 5.01 Å². The van der Waals surface area contributed by atoms with Crippen molar-refractivity contribution in [3.8, 4) is 0 Å². The molecule has 2 aromatic carbocycles. The Hall–Kier alpha value is -2.64. The number of hydrazone groups is 1. The van der Waals surface area contributed by atoms with E-state index >= 15 is 0 Å². The van der Waals surface area contributed by atoms with Crippen LogP contribution in [0.4, 0.5) is 5.69 Å². The lowest BCUT2D eigenvalue weighted by atomic mass is 10.2. The average molecular weight is 380 g/mol. The third-order valence-electron chi connectivity index (χ3n) is 3.52. The second-order valence-electron chi connectivity index (χ2n) is 5.19. The molecule has 1 amide bonds. The number of hydrogen-bond acceptors (Lipinski definition) is 5. The van der Waals surface area contributed by atoms with E-state index in [1.165, 1.54) is 25.1 Å².